The highest BCUT2D eigenvalue weighted by Crippen LogP contribution is 2.25. The number of benzene rings is 1. The summed E-state index contributed by atoms with van der Waals surface area (Å²) in [5.41, 5.74) is 0. The zero-order valence-corrected chi connectivity index (χ0v) is 14.8. The van der Waals surface area contributed by atoms with Crippen LogP contribution < -0.4 is 5.32 Å². The molecule has 0 aliphatic carbocycles. The van der Waals surface area contributed by atoms with E-state index in [0.29, 0.717) is 37.4 Å². The van der Waals surface area contributed by atoms with Gasteiger partial charge >= 0.3 is 0 Å². The summed E-state index contributed by atoms with van der Waals surface area (Å²) < 4.78 is 26.8. The Morgan fingerprint density at radius 3 is 2.48 bits per heavy atom. The first kappa shape index (κ1) is 18.0. The van der Waals surface area contributed by atoms with Crippen LogP contribution in [-0.4, -0.2) is 44.5 Å². The molecule has 0 aromatic heterocycles. The van der Waals surface area contributed by atoms with Crippen molar-refractivity contribution in [1.82, 2.24) is 9.62 Å². The molecule has 1 fully saturated rings. The molecule has 0 bridgehead atoms. The number of carbonyl (C=O) groups is 1. The summed E-state index contributed by atoms with van der Waals surface area (Å²) in [4.78, 5) is 13.3. The fourth-order valence-corrected chi connectivity index (χ4v) is 4.45. The number of hydrogen-bond acceptors (Lipinski definition) is 4. The summed E-state index contributed by atoms with van der Waals surface area (Å²) in [6.45, 7) is 4.76. The van der Waals surface area contributed by atoms with Crippen molar-refractivity contribution in [2.24, 2.45) is 5.92 Å². The van der Waals surface area contributed by atoms with E-state index in [1.165, 1.54) is 4.31 Å². The molecule has 0 saturated carbocycles. The smallest absolute Gasteiger partial charge is 0.243 e. The van der Waals surface area contributed by atoms with Crippen molar-refractivity contribution in [1.29, 1.82) is 0 Å². The summed E-state index contributed by atoms with van der Waals surface area (Å²) in [6, 6.07) is 6.91. The average Bonchev–Trinajstić information content (AvgIpc) is 2.59. The Morgan fingerprint density at radius 1 is 1.35 bits per heavy atom. The average molecular weight is 354 g/mol. The third kappa shape index (κ3) is 4.37. The van der Waals surface area contributed by atoms with Gasteiger partial charge in [0.05, 0.1) is 4.90 Å². The molecule has 2 rings (SSSR count). The molecule has 1 aromatic rings. The Balaban J connectivity index is 2.00. The number of amides is 1. The normalized spacial score (nSPS) is 16.9. The SMILES string of the molecule is C=CCNC(=O)C1CCN(S(=O)(=O)c2ccc(SC)cc2)CC1. The van der Waals surface area contributed by atoms with Crippen molar-refractivity contribution in [3.8, 4) is 0 Å². The summed E-state index contributed by atoms with van der Waals surface area (Å²) in [6.07, 6.45) is 4.68. The molecule has 1 heterocycles. The molecule has 0 atom stereocenters. The van der Waals surface area contributed by atoms with E-state index < -0.39 is 10.0 Å². The Kier molecular flexibility index (Phi) is 6.26. The van der Waals surface area contributed by atoms with Gasteiger partial charge in [-0.3, -0.25) is 4.79 Å². The Bertz CT molecular complexity index is 648. The van der Waals surface area contributed by atoms with Crippen molar-refractivity contribution >= 4 is 27.7 Å². The van der Waals surface area contributed by atoms with Gasteiger partial charge in [0.25, 0.3) is 0 Å². The van der Waals surface area contributed by atoms with E-state index in [4.69, 9.17) is 0 Å². The standard InChI is InChI=1S/C16H22N2O3S2/c1-3-10-17-16(19)13-8-11-18(12-9-13)23(20,21)15-6-4-14(22-2)5-7-15/h3-7,13H,1,8-12H2,2H3,(H,17,19). The number of thioether (sulfide) groups is 1. The van der Waals surface area contributed by atoms with Gasteiger partial charge in [0.15, 0.2) is 0 Å². The highest BCUT2D eigenvalue weighted by Gasteiger charge is 2.31. The maximum atomic E-state index is 12.6. The van der Waals surface area contributed by atoms with Crippen LogP contribution in [0, 0.1) is 5.92 Å². The second kappa shape index (κ2) is 7.99. The third-order valence-electron chi connectivity index (χ3n) is 3.94. The predicted molar refractivity (Wildman–Crippen MR) is 92.9 cm³/mol. The van der Waals surface area contributed by atoms with E-state index in [-0.39, 0.29) is 11.8 Å². The summed E-state index contributed by atoms with van der Waals surface area (Å²) in [7, 11) is -3.48. The highest BCUT2D eigenvalue weighted by molar-refractivity contribution is 7.98. The molecule has 23 heavy (non-hydrogen) atoms. The Labute approximate surface area is 142 Å². The number of piperidine rings is 1. The van der Waals surface area contributed by atoms with Gasteiger partial charge in [-0.15, -0.1) is 18.3 Å². The molecule has 1 saturated heterocycles. The minimum absolute atomic E-state index is 0.0220. The lowest BCUT2D eigenvalue weighted by Crippen LogP contribution is -2.43. The van der Waals surface area contributed by atoms with Gasteiger partial charge in [-0.05, 0) is 43.4 Å². The van der Waals surface area contributed by atoms with Crippen LogP contribution in [0.4, 0.5) is 0 Å². The molecule has 1 aromatic carbocycles. The molecule has 0 radical (unpaired) electrons. The number of nitrogens with zero attached hydrogens (tertiary/aromatic N) is 1. The minimum Gasteiger partial charge on any atom is -0.352 e. The number of rotatable bonds is 6. The van der Waals surface area contributed by atoms with Gasteiger partial charge in [-0.25, -0.2) is 8.42 Å². The fourth-order valence-electron chi connectivity index (χ4n) is 2.57. The topological polar surface area (TPSA) is 66.5 Å². The number of hydrogen-bond donors (Lipinski definition) is 1. The molecular formula is C16H22N2O3S2. The van der Waals surface area contributed by atoms with Crippen LogP contribution in [0.1, 0.15) is 12.8 Å². The summed E-state index contributed by atoms with van der Waals surface area (Å²) in [5.74, 6) is -0.147. The summed E-state index contributed by atoms with van der Waals surface area (Å²) >= 11 is 1.57. The molecular weight excluding hydrogens is 332 g/mol. The molecule has 7 heteroatoms. The molecule has 1 N–H and O–H groups in total. The minimum atomic E-state index is -3.48. The van der Waals surface area contributed by atoms with Crippen LogP contribution >= 0.6 is 11.8 Å². The molecule has 0 spiro atoms. The molecule has 1 aliphatic rings. The van der Waals surface area contributed by atoms with Crippen LogP contribution in [-0.2, 0) is 14.8 Å². The molecule has 1 amide bonds. The number of carbonyl (C=O) groups excluding carboxylic acids is 1. The monoisotopic (exact) mass is 354 g/mol. The van der Waals surface area contributed by atoms with Crippen molar-refractivity contribution in [2.75, 3.05) is 25.9 Å². The van der Waals surface area contributed by atoms with Gasteiger partial charge < -0.3 is 5.32 Å². The predicted octanol–water partition coefficient (Wildman–Crippen LogP) is 2.11. The Morgan fingerprint density at radius 2 is 1.96 bits per heavy atom. The van der Waals surface area contributed by atoms with E-state index >= 15 is 0 Å². The van der Waals surface area contributed by atoms with Crippen LogP contribution in [0.3, 0.4) is 0 Å². The van der Waals surface area contributed by atoms with E-state index in [1.54, 1.807) is 30.0 Å². The number of nitrogens with one attached hydrogen (secondary N) is 1. The van der Waals surface area contributed by atoms with Crippen LogP contribution in [0.5, 0.6) is 0 Å². The third-order valence-corrected chi connectivity index (χ3v) is 6.60. The molecule has 0 unspecified atom stereocenters. The maximum absolute atomic E-state index is 12.6. The summed E-state index contributed by atoms with van der Waals surface area (Å²) in [5, 5.41) is 2.77. The lowest BCUT2D eigenvalue weighted by atomic mass is 9.97. The van der Waals surface area contributed by atoms with E-state index in [9.17, 15) is 13.2 Å². The zero-order valence-electron chi connectivity index (χ0n) is 13.2. The van der Waals surface area contributed by atoms with Crippen molar-refractivity contribution in [2.45, 2.75) is 22.6 Å². The largest absolute Gasteiger partial charge is 0.352 e. The number of sulfonamides is 1. The Hall–Kier alpha value is -1.31. The van der Waals surface area contributed by atoms with Crippen molar-refractivity contribution in [3.05, 3.63) is 36.9 Å². The van der Waals surface area contributed by atoms with Gasteiger partial charge in [0.2, 0.25) is 15.9 Å². The first-order chi connectivity index (χ1) is 11.0. The van der Waals surface area contributed by atoms with Gasteiger partial charge in [-0.1, -0.05) is 6.08 Å². The van der Waals surface area contributed by atoms with Crippen molar-refractivity contribution in [3.63, 3.8) is 0 Å². The molecule has 5 nitrogen and oxygen atoms in total. The van der Waals surface area contributed by atoms with Crippen LogP contribution in [0.2, 0.25) is 0 Å². The van der Waals surface area contributed by atoms with E-state index in [1.807, 2.05) is 18.4 Å². The zero-order chi connectivity index (χ0) is 16.9. The van der Waals surface area contributed by atoms with Crippen molar-refractivity contribution < 1.29 is 13.2 Å². The van der Waals surface area contributed by atoms with Gasteiger partial charge in [-0.2, -0.15) is 4.31 Å². The van der Waals surface area contributed by atoms with Crippen LogP contribution in [0.15, 0.2) is 46.7 Å². The van der Waals surface area contributed by atoms with Crippen LogP contribution in [0.25, 0.3) is 0 Å². The second-order valence-electron chi connectivity index (χ2n) is 5.39. The maximum Gasteiger partial charge on any atom is 0.243 e. The molecule has 126 valence electrons. The van der Waals surface area contributed by atoms with Gasteiger partial charge in [0.1, 0.15) is 0 Å². The first-order valence-electron chi connectivity index (χ1n) is 7.52. The fraction of sp³-hybridized carbons (Fsp3) is 0.438. The van der Waals surface area contributed by atoms with E-state index in [0.717, 1.165) is 4.90 Å². The van der Waals surface area contributed by atoms with E-state index in [2.05, 4.69) is 11.9 Å². The second-order valence-corrected chi connectivity index (χ2v) is 8.21. The highest BCUT2D eigenvalue weighted by atomic mass is 32.2. The van der Waals surface area contributed by atoms with Gasteiger partial charge in [0, 0.05) is 30.4 Å². The quantitative estimate of drug-likeness (QED) is 0.628. The lowest BCUT2D eigenvalue weighted by Gasteiger charge is -2.30. The first-order valence-corrected chi connectivity index (χ1v) is 10.2. The molecule has 1 aliphatic heterocycles. The lowest BCUT2D eigenvalue weighted by molar-refractivity contribution is -0.125.